The van der Waals surface area contributed by atoms with E-state index < -0.39 is 18.2 Å². The van der Waals surface area contributed by atoms with E-state index >= 15 is 0 Å². The van der Waals surface area contributed by atoms with Crippen molar-refractivity contribution in [3.05, 3.63) is 87.9 Å². The zero-order chi connectivity index (χ0) is 25.8. The van der Waals surface area contributed by atoms with Crippen LogP contribution < -0.4 is 5.32 Å². The van der Waals surface area contributed by atoms with Crippen molar-refractivity contribution in [1.29, 1.82) is 0 Å². The van der Waals surface area contributed by atoms with Gasteiger partial charge in [-0.25, -0.2) is 9.37 Å². The zero-order valence-corrected chi connectivity index (χ0v) is 22.2. The van der Waals surface area contributed by atoms with Gasteiger partial charge in [0.1, 0.15) is 6.17 Å². The van der Waals surface area contributed by atoms with Gasteiger partial charge in [0.25, 0.3) is 0 Å². The second-order valence-corrected chi connectivity index (χ2v) is 11.0. The molecule has 2 aromatic rings. The number of rotatable bonds is 6. The number of benzene rings is 1. The van der Waals surface area contributed by atoms with Crippen molar-refractivity contribution in [3.8, 4) is 0 Å². The fraction of sp³-hybridized carbons (Fsp3) is 0.448. The predicted octanol–water partition coefficient (Wildman–Crippen LogP) is 5.65. The number of carbonyl (C=O) groups excluding carboxylic acids is 1. The highest BCUT2D eigenvalue weighted by atomic mass is 79.9. The first-order valence-corrected chi connectivity index (χ1v) is 13.8. The SMILES string of the molecule is O=C(NC(C1=CCC(F)C=C1)c1ccnc(F)c1)[C@@H]1CC[C@@H](N2CCOCC2)C[C@H]1c1ccc(Br)cc1. The second-order valence-electron chi connectivity index (χ2n) is 10.0. The van der Waals surface area contributed by atoms with Crippen LogP contribution in [0.3, 0.4) is 0 Å². The van der Waals surface area contributed by atoms with Gasteiger partial charge in [0.05, 0.1) is 19.3 Å². The van der Waals surface area contributed by atoms with Crippen molar-refractivity contribution in [1.82, 2.24) is 15.2 Å². The summed E-state index contributed by atoms with van der Waals surface area (Å²) in [5.74, 6) is -0.850. The Hall–Kier alpha value is -2.42. The summed E-state index contributed by atoms with van der Waals surface area (Å²) in [6, 6.07) is 11.1. The number of aromatic nitrogens is 1. The van der Waals surface area contributed by atoms with Crippen molar-refractivity contribution in [3.63, 3.8) is 0 Å². The Morgan fingerprint density at radius 3 is 2.65 bits per heavy atom. The van der Waals surface area contributed by atoms with Crippen LogP contribution in [0.25, 0.3) is 0 Å². The highest BCUT2D eigenvalue weighted by molar-refractivity contribution is 9.10. The lowest BCUT2D eigenvalue weighted by Gasteiger charge is -2.42. The third-order valence-electron chi connectivity index (χ3n) is 7.80. The maximum absolute atomic E-state index is 14.0. The number of carbonyl (C=O) groups is 1. The van der Waals surface area contributed by atoms with Crippen LogP contribution in [-0.2, 0) is 9.53 Å². The summed E-state index contributed by atoms with van der Waals surface area (Å²) in [5.41, 5.74) is 2.50. The van der Waals surface area contributed by atoms with E-state index in [9.17, 15) is 13.6 Å². The number of halogens is 3. The van der Waals surface area contributed by atoms with Gasteiger partial charge in [0.15, 0.2) is 0 Å². The smallest absolute Gasteiger partial charge is 0.224 e. The van der Waals surface area contributed by atoms with Crippen LogP contribution in [0.5, 0.6) is 0 Å². The standard InChI is InChI=1S/C29H32BrF2N3O2/c30-22-5-1-19(2-6-22)26-18-24(35-13-15-37-16-14-35)9-10-25(26)29(36)34-28(20-3-7-23(31)8-4-20)21-11-12-33-27(32)17-21/h1-7,11-12,17,23-26,28H,8-10,13-16,18H2,(H,34,36)/t23?,24-,25-,26+,28?/m1/s1. The van der Waals surface area contributed by atoms with E-state index in [1.807, 2.05) is 12.1 Å². The maximum Gasteiger partial charge on any atom is 0.224 e. The molecule has 5 rings (SSSR count). The van der Waals surface area contributed by atoms with Crippen molar-refractivity contribution in [2.75, 3.05) is 26.3 Å². The number of hydrogen-bond acceptors (Lipinski definition) is 4. The normalized spacial score (nSPS) is 27.4. The van der Waals surface area contributed by atoms with Crippen LogP contribution in [0.1, 0.15) is 48.8 Å². The molecule has 0 bridgehead atoms. The largest absolute Gasteiger partial charge is 0.379 e. The summed E-state index contributed by atoms with van der Waals surface area (Å²) >= 11 is 3.52. The molecule has 196 valence electrons. The molecule has 1 saturated carbocycles. The van der Waals surface area contributed by atoms with Crippen LogP contribution in [0.15, 0.2) is 70.9 Å². The summed E-state index contributed by atoms with van der Waals surface area (Å²) in [6.07, 6.45) is 8.13. The molecular weight excluding hydrogens is 540 g/mol. The van der Waals surface area contributed by atoms with E-state index in [4.69, 9.17) is 4.74 Å². The van der Waals surface area contributed by atoms with Crippen molar-refractivity contribution in [2.45, 2.75) is 49.9 Å². The molecule has 1 aromatic carbocycles. The number of amides is 1. The number of nitrogens with one attached hydrogen (secondary N) is 1. The molecule has 1 amide bonds. The number of alkyl halides is 1. The van der Waals surface area contributed by atoms with Gasteiger partial charge in [-0.1, -0.05) is 46.3 Å². The summed E-state index contributed by atoms with van der Waals surface area (Å²) < 4.78 is 34.4. The molecule has 2 fully saturated rings. The zero-order valence-electron chi connectivity index (χ0n) is 20.7. The van der Waals surface area contributed by atoms with E-state index in [2.05, 4.69) is 43.3 Å². The fourth-order valence-electron chi connectivity index (χ4n) is 5.85. The maximum atomic E-state index is 14.0. The molecule has 1 aliphatic heterocycles. The van der Waals surface area contributed by atoms with Crippen LogP contribution in [0, 0.1) is 11.9 Å². The van der Waals surface area contributed by atoms with E-state index in [0.717, 1.165) is 61.2 Å². The number of nitrogens with zero attached hydrogens (tertiary/aromatic N) is 2. The molecular formula is C29H32BrF2N3O2. The molecule has 5 nitrogen and oxygen atoms in total. The van der Waals surface area contributed by atoms with Crippen LogP contribution >= 0.6 is 15.9 Å². The Morgan fingerprint density at radius 1 is 1.16 bits per heavy atom. The Bertz CT molecular complexity index is 1150. The summed E-state index contributed by atoms with van der Waals surface area (Å²) in [4.78, 5) is 20.1. The number of allylic oxidation sites excluding steroid dienone is 2. The van der Waals surface area contributed by atoms with Crippen molar-refractivity contribution in [2.24, 2.45) is 5.92 Å². The number of pyridine rings is 1. The Kier molecular flexibility index (Phi) is 8.47. The van der Waals surface area contributed by atoms with Crippen molar-refractivity contribution < 1.29 is 18.3 Å². The lowest BCUT2D eigenvalue weighted by Crippen LogP contribution is -2.48. The lowest BCUT2D eigenvalue weighted by molar-refractivity contribution is -0.127. The van der Waals surface area contributed by atoms with Crippen LogP contribution in [-0.4, -0.2) is 54.3 Å². The van der Waals surface area contributed by atoms with Gasteiger partial charge in [-0.05, 0) is 66.1 Å². The first-order valence-electron chi connectivity index (χ1n) is 13.0. The minimum absolute atomic E-state index is 0.0515. The Balaban J connectivity index is 1.40. The second kappa shape index (κ2) is 12.0. The number of hydrogen-bond donors (Lipinski definition) is 1. The van der Waals surface area contributed by atoms with Gasteiger partial charge in [-0.15, -0.1) is 0 Å². The average molecular weight is 572 g/mol. The molecule has 1 N–H and O–H groups in total. The molecule has 3 aliphatic rings. The first-order chi connectivity index (χ1) is 18.0. The van der Waals surface area contributed by atoms with Gasteiger partial charge in [0, 0.05) is 42.1 Å². The molecule has 2 heterocycles. The van der Waals surface area contributed by atoms with Gasteiger partial charge in [-0.2, -0.15) is 4.39 Å². The minimum Gasteiger partial charge on any atom is -0.379 e. The molecule has 2 unspecified atom stereocenters. The summed E-state index contributed by atoms with van der Waals surface area (Å²) in [7, 11) is 0. The van der Waals surface area contributed by atoms with Crippen LogP contribution in [0.4, 0.5) is 8.78 Å². The van der Waals surface area contributed by atoms with E-state index in [1.165, 1.54) is 18.3 Å². The summed E-state index contributed by atoms with van der Waals surface area (Å²) in [5, 5.41) is 3.20. The lowest BCUT2D eigenvalue weighted by atomic mass is 9.72. The molecule has 2 aliphatic carbocycles. The minimum atomic E-state index is -1.05. The molecule has 5 atom stereocenters. The quantitative estimate of drug-likeness (QED) is 0.455. The van der Waals surface area contributed by atoms with Gasteiger partial charge >= 0.3 is 0 Å². The number of morpholine rings is 1. The first kappa shape index (κ1) is 26.2. The topological polar surface area (TPSA) is 54.5 Å². The van der Waals surface area contributed by atoms with Gasteiger partial charge < -0.3 is 10.1 Å². The third kappa shape index (κ3) is 6.36. The highest BCUT2D eigenvalue weighted by Crippen LogP contribution is 2.41. The molecule has 1 saturated heterocycles. The molecule has 0 radical (unpaired) electrons. The molecule has 8 heteroatoms. The van der Waals surface area contributed by atoms with Gasteiger partial charge in [-0.3, -0.25) is 9.69 Å². The molecule has 0 spiro atoms. The third-order valence-corrected chi connectivity index (χ3v) is 8.33. The average Bonchev–Trinajstić information content (AvgIpc) is 2.93. The van der Waals surface area contributed by atoms with E-state index in [1.54, 1.807) is 18.2 Å². The van der Waals surface area contributed by atoms with Gasteiger partial charge in [0.2, 0.25) is 11.9 Å². The summed E-state index contributed by atoms with van der Waals surface area (Å²) in [6.45, 7) is 3.33. The molecule has 1 aromatic heterocycles. The monoisotopic (exact) mass is 571 g/mol. The van der Waals surface area contributed by atoms with E-state index in [0.29, 0.717) is 11.6 Å². The number of ether oxygens (including phenoxy) is 1. The predicted molar refractivity (Wildman–Crippen MR) is 142 cm³/mol. The highest BCUT2D eigenvalue weighted by Gasteiger charge is 2.39. The van der Waals surface area contributed by atoms with E-state index in [-0.39, 0.29) is 24.2 Å². The Labute approximate surface area is 225 Å². The Morgan fingerprint density at radius 2 is 1.95 bits per heavy atom. The molecule has 37 heavy (non-hydrogen) atoms. The fourth-order valence-corrected chi connectivity index (χ4v) is 6.11. The van der Waals surface area contributed by atoms with Crippen molar-refractivity contribution >= 4 is 21.8 Å². The van der Waals surface area contributed by atoms with Crippen LogP contribution in [0.2, 0.25) is 0 Å².